The average Bonchev–Trinajstić information content (AvgIpc) is 2.32. The lowest BCUT2D eigenvalue weighted by Gasteiger charge is -2.30. The summed E-state index contributed by atoms with van der Waals surface area (Å²) in [5, 5.41) is 0.604. The Hall–Kier alpha value is -0.770. The van der Waals surface area contributed by atoms with Gasteiger partial charge >= 0.3 is 0 Å². The molecule has 5 heteroatoms. The summed E-state index contributed by atoms with van der Waals surface area (Å²) in [5.74, 6) is 0.0666. The van der Waals surface area contributed by atoms with E-state index < -0.39 is 0 Å². The van der Waals surface area contributed by atoms with Crippen LogP contribution in [0.2, 0.25) is 5.02 Å². The topological polar surface area (TPSA) is 46.3 Å². The molecule has 1 saturated heterocycles. The molecule has 1 fully saturated rings. The number of likely N-dealkylation sites (tertiary alicyclic amines) is 1. The lowest BCUT2D eigenvalue weighted by molar-refractivity contribution is 0.0714. The van der Waals surface area contributed by atoms with Gasteiger partial charge in [-0.15, -0.1) is 12.4 Å². The molecule has 0 aliphatic carbocycles. The maximum absolute atomic E-state index is 12.3. The van der Waals surface area contributed by atoms with Crippen molar-refractivity contribution in [1.82, 2.24) is 4.90 Å². The monoisotopic (exact) mass is 288 g/mol. The lowest BCUT2D eigenvalue weighted by atomic mass is 10.0. The second-order valence-electron chi connectivity index (χ2n) is 4.59. The van der Waals surface area contributed by atoms with Gasteiger partial charge in [0.2, 0.25) is 0 Å². The number of rotatable bonds is 1. The van der Waals surface area contributed by atoms with Crippen LogP contribution in [0.4, 0.5) is 0 Å². The number of hydrogen-bond acceptors (Lipinski definition) is 2. The Balaban J connectivity index is 0.00000162. The smallest absolute Gasteiger partial charge is 0.254 e. The number of nitrogens with two attached hydrogens (primary N) is 1. The van der Waals surface area contributed by atoms with Gasteiger partial charge in [-0.25, -0.2) is 0 Å². The third-order valence-electron chi connectivity index (χ3n) is 3.26. The summed E-state index contributed by atoms with van der Waals surface area (Å²) in [6.45, 7) is 3.41. The first-order valence-electron chi connectivity index (χ1n) is 5.89. The molecular weight excluding hydrogens is 271 g/mol. The first kappa shape index (κ1) is 15.3. The molecule has 1 amide bonds. The van der Waals surface area contributed by atoms with E-state index in [0.29, 0.717) is 10.6 Å². The van der Waals surface area contributed by atoms with E-state index in [-0.39, 0.29) is 24.4 Å². The van der Waals surface area contributed by atoms with Gasteiger partial charge in [0.1, 0.15) is 0 Å². The van der Waals surface area contributed by atoms with Crippen LogP contribution in [0.15, 0.2) is 18.2 Å². The van der Waals surface area contributed by atoms with Crippen LogP contribution in [0.1, 0.15) is 28.8 Å². The highest BCUT2D eigenvalue weighted by Crippen LogP contribution is 2.19. The van der Waals surface area contributed by atoms with E-state index in [4.69, 9.17) is 17.3 Å². The van der Waals surface area contributed by atoms with Crippen LogP contribution in [-0.2, 0) is 0 Å². The first-order valence-corrected chi connectivity index (χ1v) is 6.26. The number of hydrogen-bond donors (Lipinski definition) is 1. The molecule has 0 spiro atoms. The molecule has 1 aliphatic rings. The minimum atomic E-state index is 0. The third-order valence-corrected chi connectivity index (χ3v) is 3.49. The average molecular weight is 289 g/mol. The highest BCUT2D eigenvalue weighted by molar-refractivity contribution is 6.31. The quantitative estimate of drug-likeness (QED) is 0.864. The molecule has 0 radical (unpaired) electrons. The molecule has 18 heavy (non-hydrogen) atoms. The first-order chi connectivity index (χ1) is 8.08. The Kier molecular flexibility index (Phi) is 5.45. The molecule has 100 valence electrons. The zero-order valence-corrected chi connectivity index (χ0v) is 11.9. The number of amides is 1. The Morgan fingerprint density at radius 3 is 2.61 bits per heavy atom. The van der Waals surface area contributed by atoms with Crippen molar-refractivity contribution < 1.29 is 4.79 Å². The van der Waals surface area contributed by atoms with E-state index in [1.54, 1.807) is 12.1 Å². The number of piperidine rings is 1. The van der Waals surface area contributed by atoms with Crippen molar-refractivity contribution in [3.63, 3.8) is 0 Å². The van der Waals surface area contributed by atoms with Gasteiger partial charge in [-0.3, -0.25) is 4.79 Å². The van der Waals surface area contributed by atoms with Gasteiger partial charge < -0.3 is 10.6 Å². The summed E-state index contributed by atoms with van der Waals surface area (Å²) in [7, 11) is 0. The summed E-state index contributed by atoms with van der Waals surface area (Å²) in [4.78, 5) is 14.2. The second-order valence-corrected chi connectivity index (χ2v) is 5.03. The summed E-state index contributed by atoms with van der Waals surface area (Å²) >= 11 is 5.93. The van der Waals surface area contributed by atoms with Gasteiger partial charge in [0.15, 0.2) is 0 Å². The zero-order chi connectivity index (χ0) is 12.4. The molecule has 0 atom stereocenters. The molecule has 0 unspecified atom stereocenters. The van der Waals surface area contributed by atoms with Crippen LogP contribution in [0, 0.1) is 6.92 Å². The number of benzene rings is 1. The van der Waals surface area contributed by atoms with Crippen LogP contribution in [-0.4, -0.2) is 29.9 Å². The zero-order valence-electron chi connectivity index (χ0n) is 10.4. The van der Waals surface area contributed by atoms with E-state index in [1.807, 2.05) is 17.9 Å². The van der Waals surface area contributed by atoms with Crippen LogP contribution in [0.25, 0.3) is 0 Å². The SMILES string of the molecule is Cc1ccc(Cl)cc1C(=O)N1CCC(N)CC1.Cl. The minimum Gasteiger partial charge on any atom is -0.339 e. The Morgan fingerprint density at radius 1 is 1.39 bits per heavy atom. The summed E-state index contributed by atoms with van der Waals surface area (Å²) in [6, 6.07) is 5.67. The summed E-state index contributed by atoms with van der Waals surface area (Å²) in [5.41, 5.74) is 7.50. The molecule has 1 aromatic carbocycles. The normalized spacial score (nSPS) is 16.3. The molecule has 3 nitrogen and oxygen atoms in total. The fourth-order valence-electron chi connectivity index (χ4n) is 2.10. The number of carbonyl (C=O) groups excluding carboxylic acids is 1. The number of halogens is 2. The molecule has 0 saturated carbocycles. The van der Waals surface area contributed by atoms with Crippen molar-refractivity contribution in [2.45, 2.75) is 25.8 Å². The highest BCUT2D eigenvalue weighted by Gasteiger charge is 2.22. The Morgan fingerprint density at radius 2 is 2.00 bits per heavy atom. The van der Waals surface area contributed by atoms with Crippen LogP contribution < -0.4 is 5.73 Å². The number of nitrogens with zero attached hydrogens (tertiary/aromatic N) is 1. The number of aryl methyl sites for hydroxylation is 1. The molecule has 1 heterocycles. The van der Waals surface area contributed by atoms with Crippen molar-refractivity contribution in [3.05, 3.63) is 34.3 Å². The van der Waals surface area contributed by atoms with Gasteiger partial charge in [-0.05, 0) is 37.5 Å². The Labute approximate surface area is 119 Å². The minimum absolute atomic E-state index is 0. The van der Waals surface area contributed by atoms with Crippen LogP contribution in [0.5, 0.6) is 0 Å². The fourth-order valence-corrected chi connectivity index (χ4v) is 2.27. The standard InChI is InChI=1S/C13H17ClN2O.ClH/c1-9-2-3-10(14)8-12(9)13(17)16-6-4-11(15)5-7-16;/h2-3,8,11H,4-7,15H2,1H3;1H. The van der Waals surface area contributed by atoms with Crippen LogP contribution >= 0.6 is 24.0 Å². The molecule has 0 bridgehead atoms. The predicted molar refractivity (Wildman–Crippen MR) is 76.5 cm³/mol. The van der Waals surface area contributed by atoms with Crippen molar-refractivity contribution in [1.29, 1.82) is 0 Å². The van der Waals surface area contributed by atoms with Crippen molar-refractivity contribution >= 4 is 29.9 Å². The Bertz CT molecular complexity index is 429. The molecule has 2 rings (SSSR count). The van der Waals surface area contributed by atoms with Gasteiger partial charge in [-0.1, -0.05) is 17.7 Å². The van der Waals surface area contributed by atoms with Gasteiger partial charge in [0.25, 0.3) is 5.91 Å². The van der Waals surface area contributed by atoms with Crippen molar-refractivity contribution in [3.8, 4) is 0 Å². The van der Waals surface area contributed by atoms with E-state index >= 15 is 0 Å². The second kappa shape index (κ2) is 6.41. The number of carbonyl (C=O) groups is 1. The highest BCUT2D eigenvalue weighted by atomic mass is 35.5. The van der Waals surface area contributed by atoms with E-state index in [9.17, 15) is 4.79 Å². The predicted octanol–water partition coefficient (Wildman–Crippen LogP) is 2.63. The maximum Gasteiger partial charge on any atom is 0.254 e. The van der Waals surface area contributed by atoms with E-state index in [1.165, 1.54) is 0 Å². The molecular formula is C13H18Cl2N2O. The van der Waals surface area contributed by atoms with Gasteiger partial charge in [0, 0.05) is 29.7 Å². The lowest BCUT2D eigenvalue weighted by Crippen LogP contribution is -2.43. The van der Waals surface area contributed by atoms with Gasteiger partial charge in [0.05, 0.1) is 0 Å². The molecule has 1 aromatic rings. The third kappa shape index (κ3) is 3.37. The largest absolute Gasteiger partial charge is 0.339 e. The van der Waals surface area contributed by atoms with E-state index in [0.717, 1.165) is 31.5 Å². The summed E-state index contributed by atoms with van der Waals surface area (Å²) < 4.78 is 0. The molecule has 1 aliphatic heterocycles. The molecule has 2 N–H and O–H groups in total. The molecule has 0 aromatic heterocycles. The summed E-state index contributed by atoms with van der Waals surface area (Å²) in [6.07, 6.45) is 1.76. The van der Waals surface area contributed by atoms with Crippen LogP contribution in [0.3, 0.4) is 0 Å². The van der Waals surface area contributed by atoms with Crippen molar-refractivity contribution in [2.24, 2.45) is 5.73 Å². The van der Waals surface area contributed by atoms with Gasteiger partial charge in [-0.2, -0.15) is 0 Å². The van der Waals surface area contributed by atoms with E-state index in [2.05, 4.69) is 0 Å². The van der Waals surface area contributed by atoms with Crippen molar-refractivity contribution in [2.75, 3.05) is 13.1 Å². The fraction of sp³-hybridized carbons (Fsp3) is 0.462. The maximum atomic E-state index is 12.3.